The first-order valence-corrected chi connectivity index (χ1v) is 9.28. The molecule has 0 aliphatic carbocycles. The van der Waals surface area contributed by atoms with Crippen LogP contribution in [-0.4, -0.2) is 41.7 Å². The maximum absolute atomic E-state index is 12.7. The van der Waals surface area contributed by atoms with Crippen LogP contribution in [0, 0.1) is 0 Å². The van der Waals surface area contributed by atoms with Crippen molar-refractivity contribution >= 4 is 29.0 Å². The number of nitrogens with zero attached hydrogens (tertiary/aromatic N) is 3. The van der Waals surface area contributed by atoms with Gasteiger partial charge in [-0.25, -0.2) is 4.57 Å². The molecule has 0 saturated carbocycles. The Morgan fingerprint density at radius 3 is 2.70 bits per heavy atom. The fourth-order valence-electron chi connectivity index (χ4n) is 3.48. The third-order valence-corrected chi connectivity index (χ3v) is 5.02. The van der Waals surface area contributed by atoms with E-state index in [4.69, 9.17) is 4.74 Å². The molecule has 1 aromatic carbocycles. The van der Waals surface area contributed by atoms with Crippen LogP contribution in [0.2, 0.25) is 0 Å². The largest absolute Gasteiger partial charge is 0.378 e. The molecule has 4 rings (SSSR count). The number of amides is 1. The van der Waals surface area contributed by atoms with Gasteiger partial charge < -0.3 is 14.2 Å². The van der Waals surface area contributed by atoms with Gasteiger partial charge in [0, 0.05) is 54.0 Å². The number of fused-ring (bicyclic) bond motifs is 1. The van der Waals surface area contributed by atoms with E-state index in [2.05, 4.69) is 45.7 Å². The van der Waals surface area contributed by atoms with Crippen LogP contribution in [0.1, 0.15) is 11.3 Å². The molecule has 3 heterocycles. The van der Waals surface area contributed by atoms with E-state index in [-0.39, 0.29) is 5.91 Å². The highest BCUT2D eigenvalue weighted by molar-refractivity contribution is 5.92. The van der Waals surface area contributed by atoms with Gasteiger partial charge in [0.2, 0.25) is 11.6 Å². The summed E-state index contributed by atoms with van der Waals surface area (Å²) in [5.41, 5.74) is 3.32. The Morgan fingerprint density at radius 2 is 1.89 bits per heavy atom. The van der Waals surface area contributed by atoms with Gasteiger partial charge in [-0.15, -0.1) is 0 Å². The Balaban J connectivity index is 1.63. The van der Waals surface area contributed by atoms with Gasteiger partial charge >= 0.3 is 0 Å². The number of hydrogen-bond donors (Lipinski definition) is 0. The van der Waals surface area contributed by atoms with Crippen LogP contribution in [-0.2, 0) is 23.1 Å². The van der Waals surface area contributed by atoms with Crippen LogP contribution in [0.15, 0.2) is 54.9 Å². The predicted molar refractivity (Wildman–Crippen MR) is 106 cm³/mol. The Hall–Kier alpha value is -2.92. The number of para-hydroxylation sites is 1. The van der Waals surface area contributed by atoms with E-state index in [1.807, 2.05) is 42.4 Å². The van der Waals surface area contributed by atoms with Crippen molar-refractivity contribution in [2.24, 2.45) is 7.05 Å². The van der Waals surface area contributed by atoms with Gasteiger partial charge in [0.15, 0.2) is 6.20 Å². The normalized spacial score (nSPS) is 14.9. The third-order valence-electron chi connectivity index (χ3n) is 5.02. The lowest BCUT2D eigenvalue weighted by Gasteiger charge is -2.27. The first-order chi connectivity index (χ1) is 13.2. The van der Waals surface area contributed by atoms with Gasteiger partial charge in [-0.3, -0.25) is 4.79 Å². The van der Waals surface area contributed by atoms with Crippen molar-refractivity contribution in [2.45, 2.75) is 6.54 Å². The molecule has 5 heteroatoms. The van der Waals surface area contributed by atoms with Crippen molar-refractivity contribution in [3.63, 3.8) is 0 Å². The lowest BCUT2D eigenvalue weighted by atomic mass is 10.1. The molecule has 5 nitrogen and oxygen atoms in total. The second-order valence-electron chi connectivity index (χ2n) is 6.79. The number of rotatable bonds is 4. The zero-order chi connectivity index (χ0) is 18.6. The molecule has 27 heavy (non-hydrogen) atoms. The summed E-state index contributed by atoms with van der Waals surface area (Å²) in [6.45, 7) is 2.96. The van der Waals surface area contributed by atoms with Crippen LogP contribution >= 0.6 is 0 Å². The lowest BCUT2D eigenvalue weighted by Crippen LogP contribution is -2.42. The van der Waals surface area contributed by atoms with Gasteiger partial charge in [0.25, 0.3) is 0 Å². The van der Waals surface area contributed by atoms with E-state index in [1.54, 1.807) is 0 Å². The first-order valence-electron chi connectivity index (χ1n) is 9.28. The van der Waals surface area contributed by atoms with Crippen LogP contribution in [0.5, 0.6) is 0 Å². The van der Waals surface area contributed by atoms with E-state index in [1.165, 1.54) is 0 Å². The Bertz CT molecular complexity index is 984. The number of aryl methyl sites for hydroxylation is 1. The topological polar surface area (TPSA) is 38.3 Å². The quantitative estimate of drug-likeness (QED) is 0.669. The van der Waals surface area contributed by atoms with Gasteiger partial charge in [0.05, 0.1) is 13.2 Å². The molecule has 2 aromatic heterocycles. The molecule has 1 aliphatic rings. The number of benzene rings is 1. The molecule has 138 valence electrons. The molecule has 3 aromatic rings. The minimum Gasteiger partial charge on any atom is -0.378 e. The summed E-state index contributed by atoms with van der Waals surface area (Å²) < 4.78 is 9.48. The summed E-state index contributed by atoms with van der Waals surface area (Å²) in [5.74, 6) is 0.143. The minimum absolute atomic E-state index is 0.143. The number of aromatic nitrogens is 2. The Labute approximate surface area is 159 Å². The molecular weight excluding hydrogens is 338 g/mol. The van der Waals surface area contributed by atoms with E-state index in [0.717, 1.165) is 22.2 Å². The molecule has 0 radical (unpaired) electrons. The molecule has 1 amide bonds. The lowest BCUT2D eigenvalue weighted by molar-refractivity contribution is -0.673. The number of carbonyl (C=O) groups is 1. The summed E-state index contributed by atoms with van der Waals surface area (Å²) in [4.78, 5) is 14.6. The highest BCUT2D eigenvalue weighted by Gasteiger charge is 2.18. The summed E-state index contributed by atoms with van der Waals surface area (Å²) in [5, 5.41) is 1.15. The summed E-state index contributed by atoms with van der Waals surface area (Å²) in [6, 6.07) is 14.4. The van der Waals surface area contributed by atoms with E-state index in [0.29, 0.717) is 32.8 Å². The highest BCUT2D eigenvalue weighted by atomic mass is 16.5. The maximum atomic E-state index is 12.7. The highest BCUT2D eigenvalue weighted by Crippen LogP contribution is 2.23. The van der Waals surface area contributed by atoms with Crippen molar-refractivity contribution in [2.75, 3.05) is 26.3 Å². The number of morpholine rings is 1. The average Bonchev–Trinajstić information content (AvgIpc) is 3.06. The van der Waals surface area contributed by atoms with Gasteiger partial charge in [-0.05, 0) is 18.2 Å². The third kappa shape index (κ3) is 3.78. The van der Waals surface area contributed by atoms with E-state index < -0.39 is 0 Å². The van der Waals surface area contributed by atoms with Gasteiger partial charge in [-0.2, -0.15) is 0 Å². The fraction of sp³-hybridized carbons (Fsp3) is 0.273. The van der Waals surface area contributed by atoms with Crippen LogP contribution in [0.4, 0.5) is 0 Å². The maximum Gasteiger partial charge on any atom is 0.242 e. The van der Waals surface area contributed by atoms with Crippen molar-refractivity contribution in [1.82, 2.24) is 9.47 Å². The minimum atomic E-state index is 0.143. The standard InChI is InChI=1S/C22H24N3O2/c1-23-11-5-4-6-19(23)10-9-18-16-25(21-8-3-2-7-20(18)21)17-22(26)24-12-14-27-15-13-24/h2-11,16H,12-15,17H2,1H3/q+1. The first kappa shape index (κ1) is 17.5. The number of carbonyl (C=O) groups excluding carboxylic acids is 1. The molecule has 0 unspecified atom stereocenters. The summed E-state index contributed by atoms with van der Waals surface area (Å²) in [7, 11) is 2.03. The number of hydrogen-bond acceptors (Lipinski definition) is 2. The Morgan fingerprint density at radius 1 is 1.11 bits per heavy atom. The SMILES string of the molecule is C[n+]1ccccc1/C=C/c1cn(CC(=O)N2CCOCC2)c2ccccc12. The second-order valence-corrected chi connectivity index (χ2v) is 6.79. The van der Waals surface area contributed by atoms with E-state index >= 15 is 0 Å². The predicted octanol–water partition coefficient (Wildman–Crippen LogP) is 2.50. The smallest absolute Gasteiger partial charge is 0.242 e. The number of ether oxygens (including phenoxy) is 1. The van der Waals surface area contributed by atoms with Crippen LogP contribution in [0.25, 0.3) is 23.1 Å². The fourth-order valence-corrected chi connectivity index (χ4v) is 3.48. The molecule has 0 N–H and O–H groups in total. The zero-order valence-corrected chi connectivity index (χ0v) is 15.5. The Kier molecular flexibility index (Phi) is 5.03. The van der Waals surface area contributed by atoms with Crippen molar-refractivity contribution in [1.29, 1.82) is 0 Å². The molecule has 0 bridgehead atoms. The summed E-state index contributed by atoms with van der Waals surface area (Å²) in [6.07, 6.45) is 8.33. The van der Waals surface area contributed by atoms with Crippen molar-refractivity contribution in [3.05, 3.63) is 66.1 Å². The molecule has 1 aliphatic heterocycles. The average molecular weight is 362 g/mol. The van der Waals surface area contributed by atoms with Gasteiger partial charge in [-0.1, -0.05) is 18.2 Å². The van der Waals surface area contributed by atoms with Crippen LogP contribution < -0.4 is 4.57 Å². The second kappa shape index (κ2) is 7.76. The number of pyridine rings is 1. The van der Waals surface area contributed by atoms with Gasteiger partial charge in [0.1, 0.15) is 13.6 Å². The molecule has 1 fully saturated rings. The zero-order valence-electron chi connectivity index (χ0n) is 15.5. The molecular formula is C22H24N3O2+. The molecule has 0 atom stereocenters. The van der Waals surface area contributed by atoms with E-state index in [9.17, 15) is 4.79 Å². The summed E-state index contributed by atoms with van der Waals surface area (Å²) >= 11 is 0. The van der Waals surface area contributed by atoms with Crippen LogP contribution in [0.3, 0.4) is 0 Å². The molecule has 1 saturated heterocycles. The van der Waals surface area contributed by atoms with Crippen molar-refractivity contribution < 1.29 is 14.1 Å². The monoisotopic (exact) mass is 362 g/mol. The van der Waals surface area contributed by atoms with Crippen molar-refractivity contribution in [3.8, 4) is 0 Å². The molecule has 0 spiro atoms.